The molecule has 3 rings (SSSR count). The Hall–Kier alpha value is -2.57. The van der Waals surface area contributed by atoms with E-state index in [-0.39, 0.29) is 11.3 Å². The van der Waals surface area contributed by atoms with E-state index in [2.05, 4.69) is 4.90 Å². The minimum absolute atomic E-state index is 0.0335. The van der Waals surface area contributed by atoms with Crippen molar-refractivity contribution in [3.8, 4) is 0 Å². The number of ketones is 1. The van der Waals surface area contributed by atoms with E-state index in [9.17, 15) is 14.7 Å². The summed E-state index contributed by atoms with van der Waals surface area (Å²) in [6.07, 6.45) is 0. The van der Waals surface area contributed by atoms with Gasteiger partial charge in [-0.05, 0) is 56.4 Å². The molecule has 6 nitrogen and oxygen atoms in total. The number of Topliss-reactive ketones (excluding diaryl/α,β-unsaturated/α-hetero) is 1. The molecule has 1 amide bonds. The number of nitrogens with zero attached hydrogens (tertiary/aromatic N) is 2. The van der Waals surface area contributed by atoms with Gasteiger partial charge in [-0.25, -0.2) is 0 Å². The number of carbonyl (C=O) groups excluding carboxylic acids is 2. The van der Waals surface area contributed by atoms with Crippen LogP contribution in [0.15, 0.2) is 46.4 Å². The van der Waals surface area contributed by atoms with Gasteiger partial charge in [0.1, 0.15) is 23.3 Å². The number of likely N-dealkylation sites (N-methyl/N-ethyl adjacent to an activating group) is 1. The molecule has 0 saturated carbocycles. The smallest absolute Gasteiger partial charge is 0.295 e. The highest BCUT2D eigenvalue weighted by Crippen LogP contribution is 2.39. The van der Waals surface area contributed by atoms with Gasteiger partial charge in [0.05, 0.1) is 5.57 Å². The van der Waals surface area contributed by atoms with Gasteiger partial charge < -0.3 is 19.3 Å². The van der Waals surface area contributed by atoms with Crippen LogP contribution in [-0.2, 0) is 9.59 Å². The number of furan rings is 1. The summed E-state index contributed by atoms with van der Waals surface area (Å²) in [7, 11) is 0. The second-order valence-corrected chi connectivity index (χ2v) is 7.41. The Morgan fingerprint density at radius 2 is 1.79 bits per heavy atom. The summed E-state index contributed by atoms with van der Waals surface area (Å²) in [6.45, 7) is 8.55. The van der Waals surface area contributed by atoms with Gasteiger partial charge >= 0.3 is 0 Å². The maximum absolute atomic E-state index is 12.9. The zero-order valence-corrected chi connectivity index (χ0v) is 17.6. The minimum Gasteiger partial charge on any atom is -0.507 e. The predicted octanol–water partition coefficient (Wildman–Crippen LogP) is 4.00. The van der Waals surface area contributed by atoms with E-state index >= 15 is 0 Å². The average molecular weight is 417 g/mol. The molecule has 1 N–H and O–H groups in total. The third kappa shape index (κ3) is 4.23. The number of hydrogen-bond donors (Lipinski definition) is 1. The molecular weight excluding hydrogens is 392 g/mol. The molecule has 2 heterocycles. The molecule has 1 unspecified atom stereocenters. The van der Waals surface area contributed by atoms with Crippen LogP contribution in [0.25, 0.3) is 5.76 Å². The molecule has 1 aliphatic heterocycles. The molecule has 0 bridgehead atoms. The Kier molecular flexibility index (Phi) is 6.45. The second-order valence-electron chi connectivity index (χ2n) is 6.97. The van der Waals surface area contributed by atoms with Gasteiger partial charge in [0.15, 0.2) is 0 Å². The van der Waals surface area contributed by atoms with Gasteiger partial charge in [-0.1, -0.05) is 25.4 Å². The van der Waals surface area contributed by atoms with Crippen LogP contribution in [-0.4, -0.2) is 52.8 Å². The van der Waals surface area contributed by atoms with E-state index in [1.807, 2.05) is 13.8 Å². The SMILES string of the molecule is CCN(CC)CCN1C(=O)C(=O)/C(=C(\O)c2ccc(Cl)cc2)C1c1ccc(C)o1. The van der Waals surface area contributed by atoms with E-state index in [4.69, 9.17) is 16.0 Å². The van der Waals surface area contributed by atoms with E-state index in [0.717, 1.165) is 13.1 Å². The van der Waals surface area contributed by atoms with Crippen LogP contribution < -0.4 is 0 Å². The van der Waals surface area contributed by atoms with E-state index in [1.54, 1.807) is 43.3 Å². The fourth-order valence-electron chi connectivity index (χ4n) is 3.56. The molecule has 1 aromatic heterocycles. The normalized spacial score (nSPS) is 18.8. The molecule has 0 radical (unpaired) electrons. The van der Waals surface area contributed by atoms with Gasteiger partial charge in [-0.2, -0.15) is 0 Å². The van der Waals surface area contributed by atoms with Crippen molar-refractivity contribution >= 4 is 29.1 Å². The highest BCUT2D eigenvalue weighted by molar-refractivity contribution is 6.46. The topological polar surface area (TPSA) is 74.0 Å². The van der Waals surface area contributed by atoms with Crippen LogP contribution in [0.5, 0.6) is 0 Å². The number of amides is 1. The first kappa shape index (κ1) is 21.1. The van der Waals surface area contributed by atoms with Crippen LogP contribution in [0.2, 0.25) is 5.02 Å². The highest BCUT2D eigenvalue weighted by Gasteiger charge is 2.47. The monoisotopic (exact) mass is 416 g/mol. The van der Waals surface area contributed by atoms with Crippen molar-refractivity contribution in [2.75, 3.05) is 26.2 Å². The minimum atomic E-state index is -0.769. The fraction of sp³-hybridized carbons (Fsp3) is 0.364. The summed E-state index contributed by atoms with van der Waals surface area (Å²) in [5.41, 5.74) is 0.454. The Morgan fingerprint density at radius 3 is 2.34 bits per heavy atom. The first-order valence-electron chi connectivity index (χ1n) is 9.70. The Morgan fingerprint density at radius 1 is 1.14 bits per heavy atom. The second kappa shape index (κ2) is 8.84. The number of hydrogen-bond acceptors (Lipinski definition) is 5. The van der Waals surface area contributed by atoms with Gasteiger partial charge in [0, 0.05) is 23.7 Å². The van der Waals surface area contributed by atoms with Crippen molar-refractivity contribution in [3.05, 3.63) is 64.1 Å². The largest absolute Gasteiger partial charge is 0.507 e. The maximum Gasteiger partial charge on any atom is 0.295 e. The maximum atomic E-state index is 12.9. The number of aliphatic hydroxyl groups excluding tert-OH is 1. The Balaban J connectivity index is 2.06. The Bertz CT molecular complexity index is 929. The number of rotatable bonds is 7. The molecule has 1 atom stereocenters. The standard InChI is InChI=1S/C22H25ClN2O4/c1-4-24(5-2)12-13-25-19(17-11-6-14(3)29-17)18(21(27)22(25)28)20(26)15-7-9-16(23)10-8-15/h6-11,19,26H,4-5,12-13H2,1-3H3/b20-18-. The first-order valence-corrected chi connectivity index (χ1v) is 10.1. The number of halogens is 1. The van der Waals surface area contributed by atoms with Crippen molar-refractivity contribution in [2.45, 2.75) is 26.8 Å². The lowest BCUT2D eigenvalue weighted by atomic mass is 9.99. The van der Waals surface area contributed by atoms with E-state index in [1.165, 1.54) is 4.90 Å². The molecule has 1 aromatic carbocycles. The van der Waals surface area contributed by atoms with Gasteiger partial charge in [0.2, 0.25) is 0 Å². The molecule has 0 aliphatic carbocycles. The lowest BCUT2D eigenvalue weighted by Gasteiger charge is -2.26. The molecule has 1 fully saturated rings. The van der Waals surface area contributed by atoms with Gasteiger partial charge in [-0.3, -0.25) is 9.59 Å². The first-order chi connectivity index (χ1) is 13.9. The number of likely N-dealkylation sites (tertiary alicyclic amines) is 1. The van der Waals surface area contributed by atoms with E-state index in [0.29, 0.717) is 35.2 Å². The van der Waals surface area contributed by atoms with Crippen LogP contribution in [0.4, 0.5) is 0 Å². The lowest BCUT2D eigenvalue weighted by Crippen LogP contribution is -2.37. The van der Waals surface area contributed by atoms with Crippen molar-refractivity contribution in [1.82, 2.24) is 9.80 Å². The predicted molar refractivity (Wildman–Crippen MR) is 112 cm³/mol. The van der Waals surface area contributed by atoms with Crippen LogP contribution in [0.3, 0.4) is 0 Å². The van der Waals surface area contributed by atoms with Crippen molar-refractivity contribution in [2.24, 2.45) is 0 Å². The molecule has 0 spiro atoms. The van der Waals surface area contributed by atoms with Crippen molar-refractivity contribution in [3.63, 3.8) is 0 Å². The van der Waals surface area contributed by atoms with Gasteiger partial charge in [0.25, 0.3) is 11.7 Å². The molecule has 1 saturated heterocycles. The molecule has 29 heavy (non-hydrogen) atoms. The quantitative estimate of drug-likeness (QED) is 0.419. The van der Waals surface area contributed by atoms with Crippen LogP contribution >= 0.6 is 11.6 Å². The van der Waals surface area contributed by atoms with E-state index < -0.39 is 17.7 Å². The third-order valence-corrected chi connectivity index (χ3v) is 5.49. The van der Waals surface area contributed by atoms with Crippen LogP contribution in [0, 0.1) is 6.92 Å². The highest BCUT2D eigenvalue weighted by atomic mass is 35.5. The summed E-state index contributed by atoms with van der Waals surface area (Å²) in [5.74, 6) is -0.454. The number of aliphatic hydroxyl groups is 1. The Labute approximate surface area is 175 Å². The molecule has 2 aromatic rings. The number of carbonyl (C=O) groups is 2. The number of benzene rings is 1. The molecule has 1 aliphatic rings. The van der Waals surface area contributed by atoms with Gasteiger partial charge in [-0.15, -0.1) is 0 Å². The summed E-state index contributed by atoms with van der Waals surface area (Å²) >= 11 is 5.93. The average Bonchev–Trinajstić information content (AvgIpc) is 3.24. The van der Waals surface area contributed by atoms with Crippen molar-refractivity contribution < 1.29 is 19.1 Å². The fourth-order valence-corrected chi connectivity index (χ4v) is 3.69. The summed E-state index contributed by atoms with van der Waals surface area (Å²) in [5, 5.41) is 11.4. The molecular formula is C22H25ClN2O4. The zero-order chi connectivity index (χ0) is 21.1. The molecule has 154 valence electrons. The van der Waals surface area contributed by atoms with Crippen LogP contribution in [0.1, 0.15) is 37.0 Å². The summed E-state index contributed by atoms with van der Waals surface area (Å²) in [4.78, 5) is 29.4. The van der Waals surface area contributed by atoms with Crippen molar-refractivity contribution in [1.29, 1.82) is 0 Å². The molecule has 7 heteroatoms. The summed E-state index contributed by atoms with van der Waals surface area (Å²) in [6, 6.07) is 9.23. The zero-order valence-electron chi connectivity index (χ0n) is 16.8. The summed E-state index contributed by atoms with van der Waals surface area (Å²) < 4.78 is 5.76. The third-order valence-electron chi connectivity index (χ3n) is 5.24. The number of aryl methyl sites for hydroxylation is 1. The lowest BCUT2D eigenvalue weighted by molar-refractivity contribution is -0.140.